The van der Waals surface area contributed by atoms with E-state index in [0.29, 0.717) is 22.9 Å². The number of halogens is 8. The first kappa shape index (κ1) is 24.2. The molecule has 1 fully saturated rings. The van der Waals surface area contributed by atoms with Crippen molar-refractivity contribution in [2.45, 2.75) is 56.6 Å². The summed E-state index contributed by atoms with van der Waals surface area (Å²) in [5, 5.41) is 0.815. The highest BCUT2D eigenvalue weighted by molar-refractivity contribution is 6.42. The van der Waals surface area contributed by atoms with Crippen molar-refractivity contribution in [3.63, 3.8) is 0 Å². The summed E-state index contributed by atoms with van der Waals surface area (Å²) >= 11 is 12.1. The summed E-state index contributed by atoms with van der Waals surface area (Å²) in [6, 6.07) is 6.67. The van der Waals surface area contributed by atoms with E-state index in [1.54, 1.807) is 12.1 Å². The number of hydrogen-bond acceptors (Lipinski definition) is 2. The van der Waals surface area contributed by atoms with Crippen LogP contribution in [0.2, 0.25) is 10.0 Å². The van der Waals surface area contributed by atoms with Gasteiger partial charge < -0.3 is 0 Å². The third kappa shape index (κ3) is 5.86. The average Bonchev–Trinajstić information content (AvgIpc) is 3.11. The monoisotopic (exact) mass is 485 g/mol. The molecular weight excluding hydrogens is 467 g/mol. The predicted octanol–water partition coefficient (Wildman–Crippen LogP) is 7.43. The van der Waals surface area contributed by atoms with Crippen molar-refractivity contribution in [1.82, 2.24) is 5.48 Å². The summed E-state index contributed by atoms with van der Waals surface area (Å²) in [5.41, 5.74) is 1.04. The van der Waals surface area contributed by atoms with Gasteiger partial charge in [-0.15, -0.1) is 0 Å². The van der Waals surface area contributed by atoms with Gasteiger partial charge in [-0.25, -0.2) is 0 Å². The summed E-state index contributed by atoms with van der Waals surface area (Å²) in [7, 11) is 0. The number of nitrogens with one attached hydrogen (secondary N) is 1. The number of benzene rings is 2. The van der Waals surface area contributed by atoms with Crippen LogP contribution < -0.4 is 5.48 Å². The van der Waals surface area contributed by atoms with Crippen LogP contribution in [0.3, 0.4) is 0 Å². The molecule has 1 aliphatic heterocycles. The molecule has 2 nitrogen and oxygen atoms in total. The van der Waals surface area contributed by atoms with E-state index in [0.717, 1.165) is 17.7 Å². The zero-order chi connectivity index (χ0) is 23.0. The molecule has 0 amide bonds. The second-order valence-corrected chi connectivity index (χ2v) is 8.32. The maximum atomic E-state index is 13.1. The molecule has 3 unspecified atom stereocenters. The van der Waals surface area contributed by atoms with Crippen LogP contribution in [0.1, 0.15) is 47.9 Å². The fourth-order valence-electron chi connectivity index (χ4n) is 3.83. The van der Waals surface area contributed by atoms with Crippen molar-refractivity contribution in [3.8, 4) is 0 Å². The summed E-state index contributed by atoms with van der Waals surface area (Å²) in [4.78, 5) is 5.51. The van der Waals surface area contributed by atoms with Crippen molar-refractivity contribution in [3.05, 3.63) is 68.7 Å². The lowest BCUT2D eigenvalue weighted by atomic mass is 9.86. The Morgan fingerprint density at radius 2 is 1.58 bits per heavy atom. The Labute approximate surface area is 185 Å². The predicted molar refractivity (Wildman–Crippen MR) is 106 cm³/mol. The molecule has 2 aromatic carbocycles. The van der Waals surface area contributed by atoms with Gasteiger partial charge in [0.2, 0.25) is 0 Å². The highest BCUT2D eigenvalue weighted by atomic mass is 35.5. The fourth-order valence-corrected chi connectivity index (χ4v) is 4.14. The number of hydrogen-bond donors (Lipinski definition) is 1. The molecule has 2 aromatic rings. The number of rotatable bonds is 5. The molecule has 0 radical (unpaired) electrons. The van der Waals surface area contributed by atoms with Crippen molar-refractivity contribution >= 4 is 23.2 Å². The van der Waals surface area contributed by atoms with E-state index in [4.69, 9.17) is 28.0 Å². The third-order valence-electron chi connectivity index (χ3n) is 5.31. The van der Waals surface area contributed by atoms with Crippen LogP contribution in [-0.2, 0) is 23.6 Å². The van der Waals surface area contributed by atoms with Gasteiger partial charge in [-0.1, -0.05) is 36.2 Å². The highest BCUT2D eigenvalue weighted by Crippen LogP contribution is 2.38. The van der Waals surface area contributed by atoms with E-state index < -0.39 is 29.6 Å². The van der Waals surface area contributed by atoms with E-state index in [1.165, 1.54) is 0 Å². The summed E-state index contributed by atoms with van der Waals surface area (Å²) in [5.74, 6) is -0.0213. The first-order valence-corrected chi connectivity index (χ1v) is 10.3. The third-order valence-corrected chi connectivity index (χ3v) is 6.05. The van der Waals surface area contributed by atoms with Gasteiger partial charge in [0.25, 0.3) is 0 Å². The molecule has 1 N–H and O–H groups in total. The molecule has 0 bridgehead atoms. The maximum Gasteiger partial charge on any atom is 0.416 e. The van der Waals surface area contributed by atoms with Crippen LogP contribution in [0.25, 0.3) is 0 Å². The fraction of sp³-hybridized carbons (Fsp3) is 0.429. The van der Waals surface area contributed by atoms with E-state index in [-0.39, 0.29) is 30.0 Å². The highest BCUT2D eigenvalue weighted by Gasteiger charge is 2.38. The zero-order valence-electron chi connectivity index (χ0n) is 16.2. The second-order valence-electron chi connectivity index (χ2n) is 7.51. The van der Waals surface area contributed by atoms with Gasteiger partial charge in [0.05, 0.1) is 27.3 Å². The minimum atomic E-state index is -4.88. The van der Waals surface area contributed by atoms with Gasteiger partial charge in [-0.2, -0.15) is 31.8 Å². The van der Waals surface area contributed by atoms with Crippen molar-refractivity contribution < 1.29 is 31.2 Å². The smallest absolute Gasteiger partial charge is 0.298 e. The van der Waals surface area contributed by atoms with E-state index in [1.807, 2.05) is 13.0 Å². The van der Waals surface area contributed by atoms with Crippen LogP contribution in [-0.4, -0.2) is 12.1 Å². The van der Waals surface area contributed by atoms with Gasteiger partial charge in [0.15, 0.2) is 0 Å². The largest absolute Gasteiger partial charge is 0.416 e. The molecule has 1 heterocycles. The Morgan fingerprint density at radius 1 is 0.968 bits per heavy atom. The molecule has 0 aromatic heterocycles. The molecule has 170 valence electrons. The summed E-state index contributed by atoms with van der Waals surface area (Å²) in [6.07, 6.45) is -9.30. The van der Waals surface area contributed by atoms with Crippen molar-refractivity contribution in [1.29, 1.82) is 0 Å². The van der Waals surface area contributed by atoms with E-state index >= 15 is 0 Å². The van der Waals surface area contributed by atoms with Gasteiger partial charge in [0, 0.05) is 18.4 Å². The number of alkyl halides is 6. The van der Waals surface area contributed by atoms with Gasteiger partial charge in [-0.3, -0.25) is 4.84 Å². The molecule has 10 heteroatoms. The molecule has 1 saturated heterocycles. The van der Waals surface area contributed by atoms with Crippen molar-refractivity contribution in [2.24, 2.45) is 0 Å². The SMILES string of the molecule is CCC(c1ccc(Cl)c(Cl)c1)C1CC(Cc2cc(C(F)(F)F)cc(C(F)(F)F)c2)ON1. The summed E-state index contributed by atoms with van der Waals surface area (Å²) in [6.45, 7) is 1.96. The van der Waals surface area contributed by atoms with Crippen LogP contribution in [0.5, 0.6) is 0 Å². The Bertz CT molecular complexity index is 899. The lowest BCUT2D eigenvalue weighted by molar-refractivity contribution is -0.143. The van der Waals surface area contributed by atoms with Gasteiger partial charge in [0.1, 0.15) is 0 Å². The van der Waals surface area contributed by atoms with E-state index in [2.05, 4.69) is 5.48 Å². The van der Waals surface area contributed by atoms with Gasteiger partial charge >= 0.3 is 12.4 Å². The molecule has 0 aliphatic carbocycles. The Morgan fingerprint density at radius 3 is 2.10 bits per heavy atom. The lowest BCUT2D eigenvalue weighted by Crippen LogP contribution is -2.27. The summed E-state index contributed by atoms with van der Waals surface area (Å²) < 4.78 is 78.5. The normalized spacial score (nSPS) is 20.8. The molecule has 3 atom stereocenters. The molecule has 3 rings (SSSR count). The minimum Gasteiger partial charge on any atom is -0.298 e. The lowest BCUT2D eigenvalue weighted by Gasteiger charge is -2.22. The Hall–Kier alpha value is -1.48. The molecule has 31 heavy (non-hydrogen) atoms. The zero-order valence-corrected chi connectivity index (χ0v) is 17.8. The molecular formula is C21H19Cl2F6NO. The van der Waals surface area contributed by atoms with Crippen LogP contribution >= 0.6 is 23.2 Å². The standard InChI is InChI=1S/C21H19Cl2F6NO/c1-2-16(12-3-4-17(22)18(23)8-12)19-10-15(31-30-19)7-11-5-13(20(24,25)26)9-14(6-11)21(27,28)29/h3-6,8-9,15-16,19,30H,2,7,10H2,1H3. The molecule has 1 aliphatic rings. The molecule has 0 saturated carbocycles. The first-order valence-electron chi connectivity index (χ1n) is 9.53. The van der Waals surface area contributed by atoms with Crippen LogP contribution in [0.15, 0.2) is 36.4 Å². The van der Waals surface area contributed by atoms with E-state index in [9.17, 15) is 26.3 Å². The first-order chi connectivity index (χ1) is 14.4. The van der Waals surface area contributed by atoms with Crippen LogP contribution in [0.4, 0.5) is 26.3 Å². The Kier molecular flexibility index (Phi) is 7.15. The van der Waals surface area contributed by atoms with Gasteiger partial charge in [-0.05, 0) is 54.3 Å². The van der Waals surface area contributed by atoms with Crippen LogP contribution in [0, 0.1) is 0 Å². The topological polar surface area (TPSA) is 21.3 Å². The maximum absolute atomic E-state index is 13.1. The molecule has 0 spiro atoms. The number of hydroxylamine groups is 1. The Balaban J connectivity index is 1.78. The van der Waals surface area contributed by atoms with Crippen molar-refractivity contribution in [2.75, 3.05) is 0 Å². The quantitative estimate of drug-likeness (QED) is 0.444. The second kappa shape index (κ2) is 9.17. The average molecular weight is 486 g/mol. The minimum absolute atomic E-state index is 0.0213.